The molecule has 0 spiro atoms. The average Bonchev–Trinajstić information content (AvgIpc) is 2.35. The molecule has 0 aliphatic carbocycles. The first kappa shape index (κ1) is 15.2. The summed E-state index contributed by atoms with van der Waals surface area (Å²) in [7, 11) is 0. The molecule has 1 rings (SSSR count). The van der Waals surface area contributed by atoms with Crippen molar-refractivity contribution < 1.29 is 19.8 Å². The fourth-order valence-corrected chi connectivity index (χ4v) is 1.39. The summed E-state index contributed by atoms with van der Waals surface area (Å²) in [5.74, 6) is -2.45. The summed E-state index contributed by atoms with van der Waals surface area (Å²) in [5.41, 5.74) is 10.8. The minimum absolute atomic E-state index is 0.151. The Labute approximate surface area is 114 Å². The highest BCUT2D eigenvalue weighted by Gasteiger charge is 2.18. The summed E-state index contributed by atoms with van der Waals surface area (Å²) in [6.07, 6.45) is 0.655. The molecule has 0 aliphatic heterocycles. The van der Waals surface area contributed by atoms with Crippen molar-refractivity contribution in [1.29, 1.82) is 5.41 Å². The molecule has 0 radical (unpaired) electrons. The van der Waals surface area contributed by atoms with E-state index in [9.17, 15) is 14.7 Å². The third-order valence-electron chi connectivity index (χ3n) is 2.41. The topological polar surface area (TPSA) is 163 Å². The Morgan fingerprint density at radius 3 is 2.55 bits per heavy atom. The number of phenols is 1. The molecule has 0 bridgehead atoms. The maximum Gasteiger partial charge on any atom is 0.328 e. The van der Waals surface area contributed by atoms with Gasteiger partial charge < -0.3 is 21.7 Å². The van der Waals surface area contributed by atoms with Gasteiger partial charge >= 0.3 is 5.97 Å². The van der Waals surface area contributed by atoms with Crippen LogP contribution in [0.25, 0.3) is 0 Å². The minimum Gasteiger partial charge on any atom is -0.507 e. The van der Waals surface area contributed by atoms with Gasteiger partial charge in [0, 0.05) is 17.3 Å². The van der Waals surface area contributed by atoms with Crippen LogP contribution in [0.5, 0.6) is 5.75 Å². The number of aliphatic imine (C=N–C) groups is 1. The number of nitrogens with two attached hydrogens (primary N) is 2. The number of nitrogens with zero attached hydrogens (tertiary/aromatic N) is 1. The third kappa shape index (κ3) is 4.09. The van der Waals surface area contributed by atoms with Crippen LogP contribution in [0, 0.1) is 5.41 Å². The average molecular weight is 278 g/mol. The third-order valence-corrected chi connectivity index (χ3v) is 2.41. The number of carbonyl (C=O) groups excluding carboxylic acids is 1. The van der Waals surface area contributed by atoms with Crippen LogP contribution < -0.4 is 11.5 Å². The van der Waals surface area contributed by atoms with Gasteiger partial charge in [0.1, 0.15) is 11.6 Å². The van der Waals surface area contributed by atoms with Gasteiger partial charge in [-0.2, -0.15) is 0 Å². The molecule has 0 saturated heterocycles. The number of aromatic hydroxyl groups is 1. The van der Waals surface area contributed by atoms with Crippen molar-refractivity contribution in [2.75, 3.05) is 0 Å². The van der Waals surface area contributed by atoms with Crippen LogP contribution in [-0.4, -0.2) is 40.2 Å². The van der Waals surface area contributed by atoms with Gasteiger partial charge in [0.15, 0.2) is 6.04 Å². The monoisotopic (exact) mass is 278 g/mol. The molecule has 0 saturated carbocycles. The predicted octanol–water partition coefficient (Wildman–Crippen LogP) is -0.576. The first-order valence-electron chi connectivity index (χ1n) is 5.53. The molecule has 0 aromatic heterocycles. The van der Waals surface area contributed by atoms with Crippen molar-refractivity contribution >= 4 is 23.9 Å². The standard InChI is InChI=1S/C12H14N4O4/c13-10(18)4-8(12(19)20)16-5-7-3-6(11(14)15)1-2-9(7)17/h1-3,5,8,17H,4H2,(H2,13,18)(H3,14,15)(H,19,20)/t8-/m0/s1. The highest BCUT2D eigenvalue weighted by Crippen LogP contribution is 2.16. The van der Waals surface area contributed by atoms with Crippen LogP contribution in [0.15, 0.2) is 23.2 Å². The molecule has 0 heterocycles. The molecular weight excluding hydrogens is 264 g/mol. The molecule has 8 nitrogen and oxygen atoms in total. The zero-order valence-corrected chi connectivity index (χ0v) is 10.4. The minimum atomic E-state index is -1.33. The lowest BCUT2D eigenvalue weighted by atomic mass is 10.1. The second-order valence-corrected chi connectivity index (χ2v) is 3.99. The number of nitrogens with one attached hydrogen (secondary N) is 1. The molecule has 0 aliphatic rings. The van der Waals surface area contributed by atoms with E-state index in [0.717, 1.165) is 6.21 Å². The van der Waals surface area contributed by atoms with Crippen molar-refractivity contribution in [3.05, 3.63) is 29.3 Å². The first-order valence-corrected chi connectivity index (χ1v) is 5.53. The van der Waals surface area contributed by atoms with Gasteiger partial charge in [-0.05, 0) is 18.2 Å². The molecule has 1 atom stereocenters. The van der Waals surface area contributed by atoms with Crippen LogP contribution in [-0.2, 0) is 9.59 Å². The number of hydrogen-bond donors (Lipinski definition) is 5. The molecule has 0 fully saturated rings. The van der Waals surface area contributed by atoms with Gasteiger partial charge in [-0.15, -0.1) is 0 Å². The van der Waals surface area contributed by atoms with Gasteiger partial charge in [-0.1, -0.05) is 0 Å². The van der Waals surface area contributed by atoms with E-state index in [1.165, 1.54) is 18.2 Å². The molecule has 8 heteroatoms. The molecule has 20 heavy (non-hydrogen) atoms. The van der Waals surface area contributed by atoms with Crippen molar-refractivity contribution in [2.24, 2.45) is 16.5 Å². The zero-order valence-electron chi connectivity index (χ0n) is 10.4. The fraction of sp³-hybridized carbons (Fsp3) is 0.167. The number of nitrogen functional groups attached to an aromatic ring is 1. The van der Waals surface area contributed by atoms with E-state index in [1.54, 1.807) is 0 Å². The van der Waals surface area contributed by atoms with E-state index < -0.39 is 24.3 Å². The predicted molar refractivity (Wildman–Crippen MR) is 72.0 cm³/mol. The Kier molecular flexibility index (Phi) is 4.79. The second kappa shape index (κ2) is 6.32. The summed E-state index contributed by atoms with van der Waals surface area (Å²) in [4.78, 5) is 25.3. The van der Waals surface area contributed by atoms with Crippen molar-refractivity contribution in [3.63, 3.8) is 0 Å². The first-order chi connectivity index (χ1) is 9.31. The van der Waals surface area contributed by atoms with Crippen molar-refractivity contribution in [1.82, 2.24) is 0 Å². The van der Waals surface area contributed by atoms with Crippen molar-refractivity contribution in [3.8, 4) is 5.75 Å². The van der Waals surface area contributed by atoms with Gasteiger partial charge in [-0.25, -0.2) is 4.79 Å². The number of carboxylic acids is 1. The zero-order chi connectivity index (χ0) is 15.3. The molecule has 106 valence electrons. The summed E-state index contributed by atoms with van der Waals surface area (Å²) in [5, 5.41) is 25.8. The Morgan fingerprint density at radius 2 is 2.05 bits per heavy atom. The van der Waals surface area contributed by atoms with Crippen LogP contribution in [0.1, 0.15) is 17.5 Å². The quantitative estimate of drug-likeness (QED) is 0.346. The van der Waals surface area contributed by atoms with Gasteiger partial charge in [0.2, 0.25) is 5.91 Å². The number of amides is 1. The number of benzene rings is 1. The Bertz CT molecular complexity index is 583. The SMILES string of the molecule is N=C(N)c1ccc(O)c(C=N[C@@H](CC(N)=O)C(=O)O)c1. The maximum atomic E-state index is 10.9. The summed E-state index contributed by atoms with van der Waals surface area (Å²) < 4.78 is 0. The summed E-state index contributed by atoms with van der Waals surface area (Å²) in [6, 6.07) is 2.80. The fourth-order valence-electron chi connectivity index (χ4n) is 1.39. The molecule has 1 amide bonds. The number of phenolic OH excluding ortho intramolecular Hbond substituents is 1. The highest BCUT2D eigenvalue weighted by molar-refractivity contribution is 5.98. The molecule has 7 N–H and O–H groups in total. The van der Waals surface area contributed by atoms with E-state index in [1.807, 2.05) is 0 Å². The lowest BCUT2D eigenvalue weighted by molar-refractivity contribution is -0.140. The van der Waals surface area contributed by atoms with E-state index in [4.69, 9.17) is 22.0 Å². The molecular formula is C12H14N4O4. The van der Waals surface area contributed by atoms with Crippen LogP contribution >= 0.6 is 0 Å². The van der Waals surface area contributed by atoms with Crippen LogP contribution in [0.2, 0.25) is 0 Å². The number of carboxylic acid groups (broad SMARTS) is 1. The molecule has 1 aromatic rings. The van der Waals surface area contributed by atoms with Crippen molar-refractivity contribution in [2.45, 2.75) is 12.5 Å². The lowest BCUT2D eigenvalue weighted by Gasteiger charge is -2.06. The molecule has 1 aromatic carbocycles. The number of rotatable bonds is 6. The Morgan fingerprint density at radius 1 is 1.40 bits per heavy atom. The van der Waals surface area contributed by atoms with E-state index in [0.29, 0.717) is 5.56 Å². The van der Waals surface area contributed by atoms with Gasteiger partial charge in [-0.3, -0.25) is 15.2 Å². The van der Waals surface area contributed by atoms with Gasteiger partial charge in [0.25, 0.3) is 0 Å². The van der Waals surface area contributed by atoms with Crippen LogP contribution in [0.3, 0.4) is 0 Å². The van der Waals surface area contributed by atoms with Crippen LogP contribution in [0.4, 0.5) is 0 Å². The largest absolute Gasteiger partial charge is 0.507 e. The number of amidine groups is 1. The van der Waals surface area contributed by atoms with Gasteiger partial charge in [0.05, 0.1) is 6.42 Å². The Hall–Kier alpha value is -2.90. The van der Waals surface area contributed by atoms with E-state index in [2.05, 4.69) is 4.99 Å². The normalized spacial score (nSPS) is 12.2. The lowest BCUT2D eigenvalue weighted by Crippen LogP contribution is -2.25. The smallest absolute Gasteiger partial charge is 0.328 e. The maximum absolute atomic E-state index is 10.9. The highest BCUT2D eigenvalue weighted by atomic mass is 16.4. The molecule has 0 unspecified atom stereocenters. The number of primary amides is 1. The number of carbonyl (C=O) groups is 2. The second-order valence-electron chi connectivity index (χ2n) is 3.99. The van der Waals surface area contributed by atoms with E-state index >= 15 is 0 Å². The summed E-state index contributed by atoms with van der Waals surface area (Å²) >= 11 is 0. The van der Waals surface area contributed by atoms with E-state index in [-0.39, 0.29) is 17.1 Å². The number of hydrogen-bond acceptors (Lipinski definition) is 5. The number of aliphatic carboxylic acids is 1. The summed E-state index contributed by atoms with van der Waals surface area (Å²) in [6.45, 7) is 0. The Balaban J connectivity index is 3.03.